The van der Waals surface area contributed by atoms with Crippen LogP contribution in [0.25, 0.3) is 0 Å². The highest BCUT2D eigenvalue weighted by Gasteiger charge is 2.24. The molecular weight excluding hydrogens is 376 g/mol. The summed E-state index contributed by atoms with van der Waals surface area (Å²) >= 11 is 0. The van der Waals surface area contributed by atoms with Crippen molar-refractivity contribution in [3.05, 3.63) is 47.2 Å². The Kier molecular flexibility index (Phi) is 5.90. The number of carbonyl (C=O) groups is 1. The summed E-state index contributed by atoms with van der Waals surface area (Å²) < 4.78 is 0. The molecule has 4 heterocycles. The number of anilines is 1. The summed E-state index contributed by atoms with van der Waals surface area (Å²) in [6.07, 6.45) is 7.89. The fraction of sp³-hybridized carbons (Fsp3) is 0.522. The second-order valence-electron chi connectivity index (χ2n) is 9.13. The smallest absolute Gasteiger partial charge is 0.230 e. The van der Waals surface area contributed by atoms with Gasteiger partial charge in [-0.1, -0.05) is 26.8 Å². The van der Waals surface area contributed by atoms with Gasteiger partial charge in [0.1, 0.15) is 5.82 Å². The third-order valence-electron chi connectivity index (χ3n) is 5.59. The molecule has 0 unspecified atom stereocenters. The minimum atomic E-state index is -0.462. The van der Waals surface area contributed by atoms with Gasteiger partial charge in [0.25, 0.3) is 0 Å². The molecule has 2 aromatic rings. The Balaban J connectivity index is 1.46. The standard InChI is InChI=1S/C23H30N6O/c1-23(2,3)22(30)28-20-16(7-6-11-25-20)14-29-12-9-18-17(15-29)13-26-21(27-18)19-8-4-5-10-24-19/h6-7,11,13H,4-5,8-10,12,14-15H2,1-3H3,(H,25,28,30). The molecule has 2 aliphatic rings. The van der Waals surface area contributed by atoms with Crippen LogP contribution in [0.2, 0.25) is 0 Å². The molecular formula is C23H30N6O. The number of fused-ring (bicyclic) bond motifs is 1. The zero-order valence-corrected chi connectivity index (χ0v) is 18.1. The van der Waals surface area contributed by atoms with Crippen LogP contribution in [0.4, 0.5) is 5.82 Å². The van der Waals surface area contributed by atoms with Crippen molar-refractivity contribution >= 4 is 17.4 Å². The van der Waals surface area contributed by atoms with Crippen molar-refractivity contribution in [3.8, 4) is 0 Å². The first kappa shape index (κ1) is 20.6. The van der Waals surface area contributed by atoms with Crippen LogP contribution in [0.1, 0.15) is 62.7 Å². The number of hydrogen-bond acceptors (Lipinski definition) is 6. The Hall–Kier alpha value is -2.67. The van der Waals surface area contributed by atoms with Gasteiger partial charge in [0.2, 0.25) is 5.91 Å². The van der Waals surface area contributed by atoms with E-state index in [1.165, 1.54) is 12.0 Å². The van der Waals surface area contributed by atoms with Crippen molar-refractivity contribution in [3.63, 3.8) is 0 Å². The van der Waals surface area contributed by atoms with E-state index in [1.807, 2.05) is 39.1 Å². The molecule has 2 aromatic heterocycles. The van der Waals surface area contributed by atoms with Crippen LogP contribution >= 0.6 is 0 Å². The normalized spacial score (nSPS) is 17.2. The van der Waals surface area contributed by atoms with Crippen LogP contribution in [-0.2, 0) is 24.3 Å². The Bertz CT molecular complexity index is 962. The molecule has 1 N–H and O–H groups in total. The van der Waals surface area contributed by atoms with E-state index in [1.54, 1.807) is 6.20 Å². The van der Waals surface area contributed by atoms with Crippen molar-refractivity contribution in [2.75, 3.05) is 18.4 Å². The van der Waals surface area contributed by atoms with E-state index in [0.29, 0.717) is 5.82 Å². The molecule has 0 atom stereocenters. The first-order chi connectivity index (χ1) is 14.4. The van der Waals surface area contributed by atoms with Gasteiger partial charge in [-0.05, 0) is 25.3 Å². The number of hydrogen-bond donors (Lipinski definition) is 1. The molecule has 4 rings (SSSR count). The highest BCUT2D eigenvalue weighted by atomic mass is 16.2. The van der Waals surface area contributed by atoms with Crippen molar-refractivity contribution in [1.82, 2.24) is 19.9 Å². The zero-order chi connectivity index (χ0) is 21.1. The predicted octanol–water partition coefficient (Wildman–Crippen LogP) is 3.39. The van der Waals surface area contributed by atoms with E-state index in [9.17, 15) is 4.79 Å². The molecule has 30 heavy (non-hydrogen) atoms. The van der Waals surface area contributed by atoms with Crippen molar-refractivity contribution < 1.29 is 4.79 Å². The van der Waals surface area contributed by atoms with Gasteiger partial charge in [-0.15, -0.1) is 0 Å². The lowest BCUT2D eigenvalue weighted by Gasteiger charge is -2.29. The topological polar surface area (TPSA) is 83.4 Å². The van der Waals surface area contributed by atoms with Gasteiger partial charge < -0.3 is 5.32 Å². The molecule has 0 fully saturated rings. The fourth-order valence-electron chi connectivity index (χ4n) is 3.74. The Labute approximate surface area is 178 Å². The number of aliphatic imine (C=N–C) groups is 1. The van der Waals surface area contributed by atoms with Crippen LogP contribution in [-0.4, -0.2) is 44.6 Å². The maximum absolute atomic E-state index is 12.4. The van der Waals surface area contributed by atoms with Gasteiger partial charge in [0.15, 0.2) is 5.82 Å². The van der Waals surface area contributed by atoms with E-state index < -0.39 is 5.41 Å². The Morgan fingerprint density at radius 3 is 2.83 bits per heavy atom. The molecule has 0 radical (unpaired) electrons. The Morgan fingerprint density at radius 1 is 1.20 bits per heavy atom. The van der Waals surface area contributed by atoms with Gasteiger partial charge >= 0.3 is 0 Å². The summed E-state index contributed by atoms with van der Waals surface area (Å²) in [7, 11) is 0. The molecule has 0 spiro atoms. The number of nitrogens with zero attached hydrogens (tertiary/aromatic N) is 5. The van der Waals surface area contributed by atoms with Gasteiger partial charge in [0.05, 0.1) is 11.4 Å². The lowest BCUT2D eigenvalue weighted by Crippen LogP contribution is -2.32. The number of rotatable bonds is 4. The molecule has 158 valence electrons. The number of aromatic nitrogens is 3. The lowest BCUT2D eigenvalue weighted by atomic mass is 9.95. The van der Waals surface area contributed by atoms with Crippen LogP contribution in [0, 0.1) is 5.41 Å². The van der Waals surface area contributed by atoms with E-state index in [2.05, 4.69) is 25.2 Å². The number of amides is 1. The average Bonchev–Trinajstić information content (AvgIpc) is 2.74. The van der Waals surface area contributed by atoms with Crippen molar-refractivity contribution in [1.29, 1.82) is 0 Å². The molecule has 2 aliphatic heterocycles. The van der Waals surface area contributed by atoms with Crippen molar-refractivity contribution in [2.45, 2.75) is 59.5 Å². The van der Waals surface area contributed by atoms with Crippen LogP contribution in [0.5, 0.6) is 0 Å². The average molecular weight is 407 g/mol. The second kappa shape index (κ2) is 8.60. The highest BCUT2D eigenvalue weighted by Crippen LogP contribution is 2.23. The third-order valence-corrected chi connectivity index (χ3v) is 5.59. The maximum atomic E-state index is 12.4. The maximum Gasteiger partial charge on any atom is 0.230 e. The van der Waals surface area contributed by atoms with Crippen LogP contribution in [0.3, 0.4) is 0 Å². The molecule has 0 aliphatic carbocycles. The number of pyridine rings is 1. The van der Waals surface area contributed by atoms with E-state index in [4.69, 9.17) is 4.98 Å². The monoisotopic (exact) mass is 406 g/mol. The summed E-state index contributed by atoms with van der Waals surface area (Å²) in [5.41, 5.74) is 3.92. The first-order valence-corrected chi connectivity index (χ1v) is 10.8. The summed E-state index contributed by atoms with van der Waals surface area (Å²) in [6.45, 7) is 9.03. The molecule has 0 aromatic carbocycles. The van der Waals surface area contributed by atoms with Crippen LogP contribution < -0.4 is 5.32 Å². The predicted molar refractivity (Wildman–Crippen MR) is 117 cm³/mol. The number of nitrogens with one attached hydrogen (secondary N) is 1. The molecule has 7 nitrogen and oxygen atoms in total. The molecule has 0 saturated heterocycles. The van der Waals surface area contributed by atoms with Gasteiger partial charge in [-0.2, -0.15) is 0 Å². The first-order valence-electron chi connectivity index (χ1n) is 10.8. The largest absolute Gasteiger partial charge is 0.310 e. The molecule has 0 bridgehead atoms. The van der Waals surface area contributed by atoms with Crippen molar-refractivity contribution in [2.24, 2.45) is 10.4 Å². The van der Waals surface area contributed by atoms with Gasteiger partial charge in [-0.25, -0.2) is 15.0 Å². The summed E-state index contributed by atoms with van der Waals surface area (Å²) in [4.78, 5) is 33.2. The summed E-state index contributed by atoms with van der Waals surface area (Å²) in [5.74, 6) is 1.42. The fourth-order valence-corrected chi connectivity index (χ4v) is 3.74. The highest BCUT2D eigenvalue weighted by molar-refractivity contribution is 5.97. The molecule has 1 amide bonds. The molecule has 0 saturated carbocycles. The lowest BCUT2D eigenvalue weighted by molar-refractivity contribution is -0.123. The quantitative estimate of drug-likeness (QED) is 0.841. The van der Waals surface area contributed by atoms with E-state index in [0.717, 1.165) is 68.2 Å². The third kappa shape index (κ3) is 4.73. The van der Waals surface area contributed by atoms with E-state index >= 15 is 0 Å². The summed E-state index contributed by atoms with van der Waals surface area (Å²) in [6, 6.07) is 3.95. The minimum Gasteiger partial charge on any atom is -0.310 e. The molecule has 7 heteroatoms. The van der Waals surface area contributed by atoms with Gasteiger partial charge in [-0.3, -0.25) is 14.7 Å². The zero-order valence-electron chi connectivity index (χ0n) is 18.1. The minimum absolute atomic E-state index is 0.0296. The summed E-state index contributed by atoms with van der Waals surface area (Å²) in [5, 5.41) is 2.99. The van der Waals surface area contributed by atoms with Gasteiger partial charge in [0, 0.05) is 61.5 Å². The SMILES string of the molecule is CC(C)(C)C(=O)Nc1ncccc1CN1CCc2nc(C3=NCCCC3)ncc2C1. The second-order valence-corrected chi connectivity index (χ2v) is 9.13. The Morgan fingerprint density at radius 2 is 2.07 bits per heavy atom. The van der Waals surface area contributed by atoms with E-state index in [-0.39, 0.29) is 5.91 Å². The number of carbonyl (C=O) groups excluding carboxylic acids is 1. The van der Waals surface area contributed by atoms with Crippen LogP contribution in [0.15, 0.2) is 29.5 Å².